The number of amides is 1. The van der Waals surface area contributed by atoms with Crippen molar-refractivity contribution in [2.75, 3.05) is 52.4 Å². The van der Waals surface area contributed by atoms with Crippen molar-refractivity contribution in [3.63, 3.8) is 0 Å². The van der Waals surface area contributed by atoms with E-state index in [1.54, 1.807) is 33.8 Å². The third kappa shape index (κ3) is 11.7. The fraction of sp³-hybridized carbons (Fsp3) is 0.533. The lowest BCUT2D eigenvalue weighted by molar-refractivity contribution is -0.143. The molecule has 0 atom stereocenters. The molecule has 2 aromatic rings. The van der Waals surface area contributed by atoms with E-state index in [0.29, 0.717) is 36.2 Å². The highest BCUT2D eigenvalue weighted by Gasteiger charge is 2.28. The molecule has 0 saturated carbocycles. The summed E-state index contributed by atoms with van der Waals surface area (Å²) >= 11 is 1.14. The van der Waals surface area contributed by atoms with E-state index in [1.807, 2.05) is 19.0 Å². The Morgan fingerprint density at radius 3 is 2.50 bits per heavy atom. The van der Waals surface area contributed by atoms with Gasteiger partial charge in [-0.2, -0.15) is 0 Å². The smallest absolute Gasteiger partial charge is 0.416 e. The molecule has 1 aromatic carbocycles. The molecule has 230 valence electrons. The SMILES string of the molecule is CCOC(=O)CCCN(C(=O)OC(C)(C)C)c1nc(C(=O)OC)c(CCCOc2ccc(C#CCN(C)C)cc2F)s1. The Bertz CT molecular complexity index is 1280. The molecule has 0 saturated heterocycles. The van der Waals surface area contributed by atoms with Crippen molar-refractivity contribution in [2.45, 2.75) is 59.0 Å². The first kappa shape index (κ1) is 34.5. The van der Waals surface area contributed by atoms with Crippen molar-refractivity contribution in [1.29, 1.82) is 0 Å². The Hall–Kier alpha value is -3.69. The number of carbonyl (C=O) groups excluding carboxylic acids is 3. The molecule has 0 aliphatic heterocycles. The lowest BCUT2D eigenvalue weighted by Crippen LogP contribution is -2.37. The molecule has 0 radical (unpaired) electrons. The average Bonchev–Trinajstić information content (AvgIpc) is 3.32. The Kier molecular flexibility index (Phi) is 13.7. The first-order valence-electron chi connectivity index (χ1n) is 13.6. The molecule has 0 bridgehead atoms. The van der Waals surface area contributed by atoms with E-state index in [-0.39, 0.29) is 48.7 Å². The number of esters is 2. The topological polar surface area (TPSA) is 108 Å². The third-order valence-corrected chi connectivity index (χ3v) is 6.48. The Morgan fingerprint density at radius 1 is 1.14 bits per heavy atom. The number of methoxy groups -OCH3 is 1. The second kappa shape index (κ2) is 16.7. The monoisotopic (exact) mass is 605 g/mol. The molecule has 1 aromatic heterocycles. The standard InChI is InChI=1S/C30H40FN3O7S/c1-8-39-25(35)14-10-18-34(29(37)41-30(2,3)4)28-32-26(27(36)38-7)24(42-28)13-11-19-40-23-16-15-21(20-22(23)31)12-9-17-33(5)6/h15-16,20H,8,10-11,13-14,17-19H2,1-7H3. The lowest BCUT2D eigenvalue weighted by atomic mass is 10.2. The summed E-state index contributed by atoms with van der Waals surface area (Å²) in [5.74, 6) is 4.43. The zero-order valence-electron chi connectivity index (χ0n) is 25.4. The van der Waals surface area contributed by atoms with Gasteiger partial charge < -0.3 is 18.9 Å². The van der Waals surface area contributed by atoms with Gasteiger partial charge >= 0.3 is 18.0 Å². The van der Waals surface area contributed by atoms with E-state index in [2.05, 4.69) is 16.8 Å². The molecule has 42 heavy (non-hydrogen) atoms. The predicted octanol–water partition coefficient (Wildman–Crippen LogP) is 5.08. The van der Waals surface area contributed by atoms with Crippen LogP contribution in [0.5, 0.6) is 5.75 Å². The molecular weight excluding hydrogens is 565 g/mol. The predicted molar refractivity (Wildman–Crippen MR) is 159 cm³/mol. The number of thiazole rings is 1. The highest BCUT2D eigenvalue weighted by molar-refractivity contribution is 7.16. The van der Waals surface area contributed by atoms with Gasteiger partial charge in [-0.05, 0) is 79.3 Å². The molecule has 10 nitrogen and oxygen atoms in total. The second-order valence-corrected chi connectivity index (χ2v) is 11.5. The van der Waals surface area contributed by atoms with Crippen LogP contribution in [0.1, 0.15) is 67.9 Å². The van der Waals surface area contributed by atoms with Crippen molar-refractivity contribution < 1.29 is 37.7 Å². The Balaban J connectivity index is 2.14. The summed E-state index contributed by atoms with van der Waals surface area (Å²) in [5.41, 5.74) is -0.146. The molecule has 0 N–H and O–H groups in total. The largest absolute Gasteiger partial charge is 0.491 e. The van der Waals surface area contributed by atoms with Gasteiger partial charge in [-0.25, -0.2) is 19.0 Å². The van der Waals surface area contributed by atoms with Crippen LogP contribution in [0.15, 0.2) is 18.2 Å². The van der Waals surface area contributed by atoms with Gasteiger partial charge in [-0.1, -0.05) is 11.8 Å². The number of benzene rings is 1. The summed E-state index contributed by atoms with van der Waals surface area (Å²) in [6.45, 7) is 8.07. The highest BCUT2D eigenvalue weighted by atomic mass is 32.1. The molecule has 0 unspecified atom stereocenters. The van der Waals surface area contributed by atoms with Crippen LogP contribution in [-0.2, 0) is 25.4 Å². The number of anilines is 1. The number of aromatic nitrogens is 1. The summed E-state index contributed by atoms with van der Waals surface area (Å²) in [6, 6.07) is 4.56. The van der Waals surface area contributed by atoms with Crippen LogP contribution in [0.25, 0.3) is 0 Å². The van der Waals surface area contributed by atoms with Crippen LogP contribution >= 0.6 is 11.3 Å². The van der Waals surface area contributed by atoms with E-state index in [4.69, 9.17) is 18.9 Å². The highest BCUT2D eigenvalue weighted by Crippen LogP contribution is 2.30. The van der Waals surface area contributed by atoms with Gasteiger partial charge in [0.15, 0.2) is 22.4 Å². The number of hydrogen-bond donors (Lipinski definition) is 0. The first-order valence-corrected chi connectivity index (χ1v) is 14.5. The molecule has 1 amide bonds. The van der Waals surface area contributed by atoms with E-state index >= 15 is 0 Å². The number of halogens is 1. The van der Waals surface area contributed by atoms with Gasteiger partial charge in [0.25, 0.3) is 0 Å². The van der Waals surface area contributed by atoms with Gasteiger partial charge in [-0.15, -0.1) is 11.3 Å². The zero-order chi connectivity index (χ0) is 31.3. The van der Waals surface area contributed by atoms with Crippen LogP contribution in [0.3, 0.4) is 0 Å². The van der Waals surface area contributed by atoms with Crippen molar-refractivity contribution in [3.05, 3.63) is 40.2 Å². The van der Waals surface area contributed by atoms with Gasteiger partial charge in [0, 0.05) is 23.4 Å². The molecule has 0 fully saturated rings. The summed E-state index contributed by atoms with van der Waals surface area (Å²) in [4.78, 5) is 45.6. The fourth-order valence-corrected chi connectivity index (χ4v) is 4.59. The molecule has 12 heteroatoms. The number of nitrogens with zero attached hydrogens (tertiary/aromatic N) is 3. The van der Waals surface area contributed by atoms with Crippen molar-refractivity contribution in [2.24, 2.45) is 0 Å². The van der Waals surface area contributed by atoms with Crippen LogP contribution in [0, 0.1) is 17.7 Å². The van der Waals surface area contributed by atoms with Gasteiger partial charge in [0.05, 0.1) is 26.9 Å². The molecule has 0 aliphatic carbocycles. The van der Waals surface area contributed by atoms with Crippen LogP contribution in [-0.4, -0.2) is 81.0 Å². The Morgan fingerprint density at radius 2 is 1.88 bits per heavy atom. The van der Waals surface area contributed by atoms with Crippen LogP contribution in [0.4, 0.5) is 14.3 Å². The first-order chi connectivity index (χ1) is 19.8. The molecule has 0 spiro atoms. The van der Waals surface area contributed by atoms with E-state index < -0.39 is 23.5 Å². The fourth-order valence-electron chi connectivity index (χ4n) is 3.49. The van der Waals surface area contributed by atoms with E-state index in [9.17, 15) is 18.8 Å². The summed E-state index contributed by atoms with van der Waals surface area (Å²) in [7, 11) is 5.05. The molecule has 2 rings (SSSR count). The van der Waals surface area contributed by atoms with Crippen LogP contribution in [0.2, 0.25) is 0 Å². The second-order valence-electron chi connectivity index (χ2n) is 10.4. The third-order valence-electron chi connectivity index (χ3n) is 5.34. The minimum absolute atomic E-state index is 0.0725. The Labute approximate surface area is 251 Å². The minimum Gasteiger partial charge on any atom is -0.491 e. The summed E-state index contributed by atoms with van der Waals surface area (Å²) in [5, 5.41) is 0.237. The average molecular weight is 606 g/mol. The maximum atomic E-state index is 14.5. The molecule has 1 heterocycles. The maximum Gasteiger partial charge on any atom is 0.416 e. The number of aryl methyl sites for hydroxylation is 1. The van der Waals surface area contributed by atoms with Crippen molar-refractivity contribution in [1.82, 2.24) is 9.88 Å². The van der Waals surface area contributed by atoms with E-state index in [0.717, 1.165) is 11.3 Å². The molecule has 0 aliphatic rings. The number of hydrogen-bond acceptors (Lipinski definition) is 10. The normalized spacial score (nSPS) is 11.0. The maximum absolute atomic E-state index is 14.5. The summed E-state index contributed by atoms with van der Waals surface area (Å²) in [6.07, 6.45) is 0.553. The van der Waals surface area contributed by atoms with Crippen molar-refractivity contribution in [3.8, 4) is 17.6 Å². The van der Waals surface area contributed by atoms with E-state index in [1.165, 1.54) is 24.1 Å². The van der Waals surface area contributed by atoms with Crippen molar-refractivity contribution >= 4 is 34.5 Å². The van der Waals surface area contributed by atoms with Crippen LogP contribution < -0.4 is 9.64 Å². The number of ether oxygens (including phenoxy) is 4. The van der Waals surface area contributed by atoms with Gasteiger partial charge in [0.1, 0.15) is 5.60 Å². The van der Waals surface area contributed by atoms with Gasteiger partial charge in [0.2, 0.25) is 0 Å². The summed E-state index contributed by atoms with van der Waals surface area (Å²) < 4.78 is 35.6. The number of carbonyl (C=O) groups is 3. The van der Waals surface area contributed by atoms with Gasteiger partial charge in [-0.3, -0.25) is 14.6 Å². The lowest BCUT2D eigenvalue weighted by Gasteiger charge is -2.25. The zero-order valence-corrected chi connectivity index (χ0v) is 26.2. The molecular formula is C30H40FN3O7S. The number of rotatable bonds is 13. The quantitative estimate of drug-likeness (QED) is 0.134. The minimum atomic E-state index is -0.772.